The maximum absolute atomic E-state index is 12.2. The minimum absolute atomic E-state index is 0. The predicted molar refractivity (Wildman–Crippen MR) is 91.7 cm³/mol. The zero-order valence-electron chi connectivity index (χ0n) is 14.3. The fourth-order valence-corrected chi connectivity index (χ4v) is 2.87. The summed E-state index contributed by atoms with van der Waals surface area (Å²) in [6.07, 6.45) is 6.96. The van der Waals surface area contributed by atoms with Crippen molar-refractivity contribution < 1.29 is 9.32 Å². The van der Waals surface area contributed by atoms with Crippen LogP contribution in [0.5, 0.6) is 0 Å². The van der Waals surface area contributed by atoms with Gasteiger partial charge in [0.15, 0.2) is 5.82 Å². The van der Waals surface area contributed by atoms with Crippen molar-refractivity contribution >= 4 is 18.3 Å². The Bertz CT molecular complexity index is 474. The molecule has 1 fully saturated rings. The average molecular weight is 345 g/mol. The van der Waals surface area contributed by atoms with Gasteiger partial charge < -0.3 is 15.2 Å². The molecule has 0 saturated heterocycles. The van der Waals surface area contributed by atoms with Crippen molar-refractivity contribution in [2.24, 2.45) is 5.92 Å². The van der Waals surface area contributed by atoms with Gasteiger partial charge in [0.05, 0.1) is 0 Å². The van der Waals surface area contributed by atoms with E-state index < -0.39 is 0 Å². The molecule has 0 radical (unpaired) electrons. The Morgan fingerprint density at radius 1 is 1.22 bits per heavy atom. The summed E-state index contributed by atoms with van der Waals surface area (Å²) in [6.45, 7) is 4.06. The highest BCUT2D eigenvalue weighted by Gasteiger charge is 2.23. The van der Waals surface area contributed by atoms with Gasteiger partial charge in [0.1, 0.15) is 0 Å². The molecule has 1 aliphatic rings. The molecule has 0 aromatic carbocycles. The second-order valence-electron chi connectivity index (χ2n) is 6.45. The van der Waals surface area contributed by atoms with Crippen LogP contribution < -0.4 is 10.6 Å². The number of nitrogens with zero attached hydrogens (tertiary/aromatic N) is 2. The molecule has 2 N–H and O–H groups in total. The Balaban J connectivity index is 0.00000264. The second-order valence-corrected chi connectivity index (χ2v) is 6.45. The van der Waals surface area contributed by atoms with Crippen LogP contribution in [-0.4, -0.2) is 35.2 Å². The summed E-state index contributed by atoms with van der Waals surface area (Å²) in [4.78, 5) is 16.6. The third-order valence-electron chi connectivity index (χ3n) is 4.34. The van der Waals surface area contributed by atoms with E-state index in [0.717, 1.165) is 19.3 Å². The summed E-state index contributed by atoms with van der Waals surface area (Å²) in [5.41, 5.74) is 0. The molecule has 1 aromatic heterocycles. The number of nitrogens with one attached hydrogen (secondary N) is 2. The SMILES string of the molecule is CNC(C)Cc1noc(CC(C)NC(=O)C2CCCCC2)n1.Cl. The zero-order valence-corrected chi connectivity index (χ0v) is 15.1. The highest BCUT2D eigenvalue weighted by molar-refractivity contribution is 5.85. The molecule has 132 valence electrons. The number of hydrogen-bond acceptors (Lipinski definition) is 5. The third-order valence-corrected chi connectivity index (χ3v) is 4.34. The minimum atomic E-state index is 0. The number of carbonyl (C=O) groups is 1. The average Bonchev–Trinajstić information content (AvgIpc) is 2.94. The lowest BCUT2D eigenvalue weighted by Crippen LogP contribution is -2.39. The molecule has 6 nitrogen and oxygen atoms in total. The maximum atomic E-state index is 12.2. The number of carbonyl (C=O) groups excluding carboxylic acids is 1. The molecule has 0 aliphatic heterocycles. The van der Waals surface area contributed by atoms with Crippen molar-refractivity contribution in [1.82, 2.24) is 20.8 Å². The molecule has 1 amide bonds. The molecular weight excluding hydrogens is 316 g/mol. The lowest BCUT2D eigenvalue weighted by molar-refractivity contribution is -0.126. The van der Waals surface area contributed by atoms with E-state index in [9.17, 15) is 4.79 Å². The van der Waals surface area contributed by atoms with Crippen molar-refractivity contribution in [3.63, 3.8) is 0 Å². The summed E-state index contributed by atoms with van der Waals surface area (Å²) >= 11 is 0. The quantitative estimate of drug-likeness (QED) is 0.793. The summed E-state index contributed by atoms with van der Waals surface area (Å²) < 4.78 is 5.27. The molecule has 2 atom stereocenters. The molecule has 2 unspecified atom stereocenters. The molecular formula is C16H29ClN4O2. The first kappa shape index (κ1) is 19.9. The first-order valence-corrected chi connectivity index (χ1v) is 8.37. The Hall–Kier alpha value is -1.14. The van der Waals surface area contributed by atoms with Crippen LogP contribution in [0.3, 0.4) is 0 Å². The van der Waals surface area contributed by atoms with Gasteiger partial charge in [-0.1, -0.05) is 24.4 Å². The van der Waals surface area contributed by atoms with Crippen molar-refractivity contribution in [2.75, 3.05) is 7.05 Å². The minimum Gasteiger partial charge on any atom is -0.353 e. The molecule has 1 heterocycles. The van der Waals surface area contributed by atoms with E-state index in [0.29, 0.717) is 24.2 Å². The first-order valence-electron chi connectivity index (χ1n) is 8.37. The lowest BCUT2D eigenvalue weighted by Gasteiger charge is -2.22. The lowest BCUT2D eigenvalue weighted by atomic mass is 9.88. The van der Waals surface area contributed by atoms with Crippen molar-refractivity contribution in [1.29, 1.82) is 0 Å². The third kappa shape index (κ3) is 6.47. The Morgan fingerprint density at radius 3 is 2.57 bits per heavy atom. The van der Waals surface area contributed by atoms with Gasteiger partial charge in [-0.2, -0.15) is 4.98 Å². The van der Waals surface area contributed by atoms with Crippen LogP contribution >= 0.6 is 12.4 Å². The largest absolute Gasteiger partial charge is 0.353 e. The summed E-state index contributed by atoms with van der Waals surface area (Å²) in [5, 5.41) is 10.2. The topological polar surface area (TPSA) is 80.0 Å². The number of hydrogen-bond donors (Lipinski definition) is 2. The summed E-state index contributed by atoms with van der Waals surface area (Å²) in [7, 11) is 1.91. The summed E-state index contributed by atoms with van der Waals surface area (Å²) in [6, 6.07) is 0.332. The Kier molecular flexibility index (Phi) is 8.55. The van der Waals surface area contributed by atoms with Gasteiger partial charge in [0.25, 0.3) is 0 Å². The standard InChI is InChI=1S/C16H28N4O2.ClH/c1-11(17-3)9-14-19-15(22-20-14)10-12(2)18-16(21)13-7-5-4-6-8-13;/h11-13,17H,4-10H2,1-3H3,(H,18,21);1H. The first-order chi connectivity index (χ1) is 10.6. The Labute approximate surface area is 144 Å². The van der Waals surface area contributed by atoms with Gasteiger partial charge in [0, 0.05) is 30.8 Å². The van der Waals surface area contributed by atoms with Crippen LogP contribution in [0.2, 0.25) is 0 Å². The maximum Gasteiger partial charge on any atom is 0.228 e. The fourth-order valence-electron chi connectivity index (χ4n) is 2.87. The highest BCUT2D eigenvalue weighted by Crippen LogP contribution is 2.23. The van der Waals surface area contributed by atoms with Crippen LogP contribution in [0.15, 0.2) is 4.52 Å². The normalized spacial score (nSPS) is 18.0. The number of aromatic nitrogens is 2. The van der Waals surface area contributed by atoms with E-state index in [4.69, 9.17) is 4.52 Å². The molecule has 1 aliphatic carbocycles. The van der Waals surface area contributed by atoms with E-state index in [1.54, 1.807) is 0 Å². The molecule has 0 bridgehead atoms. The molecule has 7 heteroatoms. The number of likely N-dealkylation sites (N-methyl/N-ethyl adjacent to an activating group) is 1. The van der Waals surface area contributed by atoms with Gasteiger partial charge in [0.2, 0.25) is 11.8 Å². The van der Waals surface area contributed by atoms with Gasteiger partial charge in [-0.15, -0.1) is 12.4 Å². The molecule has 1 aromatic rings. The fraction of sp³-hybridized carbons (Fsp3) is 0.812. The number of halogens is 1. The van der Waals surface area contributed by atoms with E-state index in [1.807, 2.05) is 14.0 Å². The molecule has 1 saturated carbocycles. The molecule has 23 heavy (non-hydrogen) atoms. The molecule has 2 rings (SSSR count). The van der Waals surface area contributed by atoms with Gasteiger partial charge in [-0.05, 0) is 33.7 Å². The highest BCUT2D eigenvalue weighted by atomic mass is 35.5. The van der Waals surface area contributed by atoms with Crippen molar-refractivity contribution in [3.8, 4) is 0 Å². The van der Waals surface area contributed by atoms with Crippen LogP contribution in [-0.2, 0) is 17.6 Å². The zero-order chi connectivity index (χ0) is 15.9. The van der Waals surface area contributed by atoms with Crippen molar-refractivity contribution in [2.45, 2.75) is 70.9 Å². The van der Waals surface area contributed by atoms with Crippen LogP contribution in [0.4, 0.5) is 0 Å². The van der Waals surface area contributed by atoms with Crippen LogP contribution in [0.25, 0.3) is 0 Å². The number of amides is 1. The van der Waals surface area contributed by atoms with Crippen LogP contribution in [0, 0.1) is 5.92 Å². The molecule has 0 spiro atoms. The van der Waals surface area contributed by atoms with Crippen LogP contribution in [0.1, 0.15) is 57.7 Å². The van der Waals surface area contributed by atoms with E-state index in [2.05, 4.69) is 27.7 Å². The monoisotopic (exact) mass is 344 g/mol. The van der Waals surface area contributed by atoms with Gasteiger partial charge in [-0.3, -0.25) is 4.79 Å². The van der Waals surface area contributed by atoms with Crippen molar-refractivity contribution in [3.05, 3.63) is 11.7 Å². The van der Waals surface area contributed by atoms with E-state index in [-0.39, 0.29) is 30.3 Å². The predicted octanol–water partition coefficient (Wildman–Crippen LogP) is 2.27. The van der Waals surface area contributed by atoms with E-state index >= 15 is 0 Å². The van der Waals surface area contributed by atoms with Gasteiger partial charge >= 0.3 is 0 Å². The smallest absolute Gasteiger partial charge is 0.228 e. The van der Waals surface area contributed by atoms with E-state index in [1.165, 1.54) is 19.3 Å². The second kappa shape index (κ2) is 9.88. The number of rotatable bonds is 7. The van der Waals surface area contributed by atoms with Gasteiger partial charge in [-0.25, -0.2) is 0 Å². The Morgan fingerprint density at radius 2 is 1.91 bits per heavy atom. The summed E-state index contributed by atoms with van der Waals surface area (Å²) in [5.74, 6) is 1.67.